The van der Waals surface area contributed by atoms with Crippen molar-refractivity contribution < 1.29 is 9.50 Å². The average Bonchev–Trinajstić information content (AvgIpc) is 2.35. The highest BCUT2D eigenvalue weighted by Gasteiger charge is 2.15. The summed E-state index contributed by atoms with van der Waals surface area (Å²) in [7, 11) is 0. The first-order chi connectivity index (χ1) is 8.49. The van der Waals surface area contributed by atoms with Crippen molar-refractivity contribution in [1.29, 1.82) is 0 Å². The molecule has 1 N–H and O–H groups in total. The Morgan fingerprint density at radius 1 is 1.06 bits per heavy atom. The molecule has 94 valence electrons. The van der Waals surface area contributed by atoms with Crippen LogP contribution in [0, 0.1) is 5.82 Å². The highest BCUT2D eigenvalue weighted by atomic mass is 79.9. The lowest BCUT2D eigenvalue weighted by Gasteiger charge is -2.14. The van der Waals surface area contributed by atoms with Gasteiger partial charge in [-0.05, 0) is 51.8 Å². The summed E-state index contributed by atoms with van der Waals surface area (Å²) in [6.45, 7) is 0. The number of rotatable bonds is 2. The third-order valence-corrected chi connectivity index (χ3v) is 4.08. The first-order valence-electron chi connectivity index (χ1n) is 5.07. The van der Waals surface area contributed by atoms with E-state index in [1.165, 1.54) is 12.1 Å². The second-order valence-electron chi connectivity index (χ2n) is 3.74. The lowest BCUT2D eigenvalue weighted by molar-refractivity contribution is 0.219. The van der Waals surface area contributed by atoms with E-state index in [2.05, 4.69) is 31.9 Å². The smallest absolute Gasteiger partial charge is 0.137 e. The quantitative estimate of drug-likeness (QED) is 0.753. The normalized spacial score (nSPS) is 12.5. The van der Waals surface area contributed by atoms with E-state index in [1.807, 2.05) is 0 Å². The van der Waals surface area contributed by atoms with Gasteiger partial charge in [0, 0.05) is 15.1 Å². The van der Waals surface area contributed by atoms with Gasteiger partial charge in [-0.25, -0.2) is 4.39 Å². The second kappa shape index (κ2) is 5.70. The molecular formula is C13H8Br2ClFO. The van der Waals surface area contributed by atoms with E-state index in [9.17, 15) is 9.50 Å². The fraction of sp³-hybridized carbons (Fsp3) is 0.0769. The first-order valence-corrected chi connectivity index (χ1v) is 7.03. The molecule has 18 heavy (non-hydrogen) atoms. The van der Waals surface area contributed by atoms with Crippen molar-refractivity contribution in [3.63, 3.8) is 0 Å². The monoisotopic (exact) mass is 392 g/mol. The molecule has 2 aromatic rings. The predicted octanol–water partition coefficient (Wildman–Crippen LogP) is 5.09. The van der Waals surface area contributed by atoms with Crippen LogP contribution in [-0.4, -0.2) is 5.11 Å². The fourth-order valence-electron chi connectivity index (χ4n) is 1.59. The van der Waals surface area contributed by atoms with Crippen LogP contribution in [-0.2, 0) is 0 Å². The number of benzene rings is 2. The molecular weight excluding hydrogens is 386 g/mol. The Kier molecular flexibility index (Phi) is 4.43. The molecule has 0 amide bonds. The largest absolute Gasteiger partial charge is 0.384 e. The fourth-order valence-corrected chi connectivity index (χ4v) is 2.63. The standard InChI is InChI=1S/C13H8Br2ClFO/c14-10-3-2-8(16)6-9(10)13(18)7-1-4-12(17)11(15)5-7/h1-6,13,18H. The van der Waals surface area contributed by atoms with E-state index in [0.717, 1.165) is 4.47 Å². The minimum atomic E-state index is -0.866. The molecule has 5 heteroatoms. The van der Waals surface area contributed by atoms with Crippen molar-refractivity contribution >= 4 is 43.5 Å². The molecule has 1 nitrogen and oxygen atoms in total. The van der Waals surface area contributed by atoms with E-state index in [-0.39, 0.29) is 5.82 Å². The van der Waals surface area contributed by atoms with Gasteiger partial charge in [-0.2, -0.15) is 0 Å². The molecule has 2 rings (SSSR count). The molecule has 0 spiro atoms. The molecule has 0 fully saturated rings. The van der Waals surface area contributed by atoms with Crippen molar-refractivity contribution in [2.24, 2.45) is 0 Å². The number of halogens is 4. The zero-order valence-electron chi connectivity index (χ0n) is 9.00. The lowest BCUT2D eigenvalue weighted by atomic mass is 10.0. The topological polar surface area (TPSA) is 20.2 Å². The highest BCUT2D eigenvalue weighted by molar-refractivity contribution is 9.10. The van der Waals surface area contributed by atoms with Gasteiger partial charge in [-0.1, -0.05) is 33.6 Å². The molecule has 0 aliphatic rings. The van der Waals surface area contributed by atoms with E-state index in [1.54, 1.807) is 24.3 Å². The van der Waals surface area contributed by atoms with E-state index in [0.29, 0.717) is 20.6 Å². The van der Waals surface area contributed by atoms with Gasteiger partial charge < -0.3 is 5.11 Å². The van der Waals surface area contributed by atoms with Crippen molar-refractivity contribution in [2.45, 2.75) is 6.10 Å². The molecule has 1 atom stereocenters. The molecule has 0 bridgehead atoms. The molecule has 0 saturated carbocycles. The summed E-state index contributed by atoms with van der Waals surface area (Å²) in [6.07, 6.45) is -0.866. The van der Waals surface area contributed by atoms with Crippen LogP contribution in [0.15, 0.2) is 45.3 Å². The third-order valence-electron chi connectivity index (χ3n) is 2.51. The first kappa shape index (κ1) is 14.0. The van der Waals surface area contributed by atoms with Crippen LogP contribution in [0.25, 0.3) is 0 Å². The number of aliphatic hydroxyl groups excluding tert-OH is 1. The Hall–Kier alpha value is -0.420. The van der Waals surface area contributed by atoms with E-state index in [4.69, 9.17) is 11.6 Å². The Morgan fingerprint density at radius 2 is 1.78 bits per heavy atom. The van der Waals surface area contributed by atoms with Crippen LogP contribution in [0.3, 0.4) is 0 Å². The summed E-state index contributed by atoms with van der Waals surface area (Å²) >= 11 is 12.4. The summed E-state index contributed by atoms with van der Waals surface area (Å²) in [4.78, 5) is 0. The van der Waals surface area contributed by atoms with Crippen LogP contribution in [0.4, 0.5) is 4.39 Å². The summed E-state index contributed by atoms with van der Waals surface area (Å²) in [6, 6.07) is 9.56. The van der Waals surface area contributed by atoms with Crippen molar-refractivity contribution in [3.05, 3.63) is 67.3 Å². The van der Waals surface area contributed by atoms with Gasteiger partial charge in [0.2, 0.25) is 0 Å². The molecule has 0 aliphatic heterocycles. The number of hydrogen-bond donors (Lipinski definition) is 1. The summed E-state index contributed by atoms with van der Waals surface area (Å²) in [5.74, 6) is -0.365. The Labute approximate surface area is 126 Å². The molecule has 1 unspecified atom stereocenters. The zero-order valence-corrected chi connectivity index (χ0v) is 12.9. The van der Waals surface area contributed by atoms with Crippen molar-refractivity contribution in [1.82, 2.24) is 0 Å². The molecule has 0 heterocycles. The SMILES string of the molecule is OC(c1ccc(F)c(Br)c1)c1cc(Cl)ccc1Br. The predicted molar refractivity (Wildman–Crippen MR) is 77.3 cm³/mol. The Bertz CT molecular complexity index is 589. The Balaban J connectivity index is 2.44. The van der Waals surface area contributed by atoms with Gasteiger partial charge in [-0.3, -0.25) is 0 Å². The number of aliphatic hydroxyl groups is 1. The van der Waals surface area contributed by atoms with E-state index >= 15 is 0 Å². The van der Waals surface area contributed by atoms with E-state index < -0.39 is 6.10 Å². The zero-order chi connectivity index (χ0) is 13.3. The summed E-state index contributed by atoms with van der Waals surface area (Å²) in [5, 5.41) is 10.8. The number of hydrogen-bond acceptors (Lipinski definition) is 1. The molecule has 2 aromatic carbocycles. The maximum absolute atomic E-state index is 13.1. The van der Waals surface area contributed by atoms with Gasteiger partial charge in [0.25, 0.3) is 0 Å². The van der Waals surface area contributed by atoms with Gasteiger partial charge in [0.1, 0.15) is 11.9 Å². The molecule has 0 radical (unpaired) electrons. The summed E-state index contributed by atoms with van der Waals surface area (Å²) in [5.41, 5.74) is 1.23. The van der Waals surface area contributed by atoms with Crippen molar-refractivity contribution in [2.75, 3.05) is 0 Å². The molecule has 0 saturated heterocycles. The maximum atomic E-state index is 13.1. The second-order valence-corrected chi connectivity index (χ2v) is 5.89. The van der Waals surface area contributed by atoms with Gasteiger partial charge in [0.05, 0.1) is 4.47 Å². The van der Waals surface area contributed by atoms with Crippen LogP contribution in [0.2, 0.25) is 5.02 Å². The average molecular weight is 394 g/mol. The van der Waals surface area contributed by atoms with Crippen LogP contribution in [0.1, 0.15) is 17.2 Å². The van der Waals surface area contributed by atoms with Gasteiger partial charge >= 0.3 is 0 Å². The van der Waals surface area contributed by atoms with Crippen molar-refractivity contribution in [3.8, 4) is 0 Å². The minimum Gasteiger partial charge on any atom is -0.384 e. The summed E-state index contributed by atoms with van der Waals surface area (Å²) < 4.78 is 14.2. The maximum Gasteiger partial charge on any atom is 0.137 e. The van der Waals surface area contributed by atoms with Gasteiger partial charge in [0.15, 0.2) is 0 Å². The third kappa shape index (κ3) is 2.94. The van der Waals surface area contributed by atoms with Crippen LogP contribution < -0.4 is 0 Å². The molecule has 0 aliphatic carbocycles. The molecule has 0 aromatic heterocycles. The van der Waals surface area contributed by atoms with Crippen LogP contribution >= 0.6 is 43.5 Å². The van der Waals surface area contributed by atoms with Crippen LogP contribution in [0.5, 0.6) is 0 Å². The Morgan fingerprint density at radius 3 is 2.44 bits per heavy atom. The minimum absolute atomic E-state index is 0.317. The highest BCUT2D eigenvalue weighted by Crippen LogP contribution is 2.32. The lowest BCUT2D eigenvalue weighted by Crippen LogP contribution is -2.01. The van der Waals surface area contributed by atoms with Gasteiger partial charge in [-0.15, -0.1) is 0 Å².